The van der Waals surface area contributed by atoms with Crippen molar-refractivity contribution in [3.05, 3.63) is 24.3 Å². The van der Waals surface area contributed by atoms with E-state index in [2.05, 4.69) is 4.74 Å². The van der Waals surface area contributed by atoms with Gasteiger partial charge in [-0.1, -0.05) is 0 Å². The van der Waals surface area contributed by atoms with Crippen LogP contribution in [0.2, 0.25) is 0 Å². The highest BCUT2D eigenvalue weighted by molar-refractivity contribution is 5.31. The number of aliphatic hydroxyl groups excluding tert-OH is 1. The van der Waals surface area contributed by atoms with Crippen LogP contribution in [0.4, 0.5) is 13.2 Å². The molecule has 1 aromatic rings. The summed E-state index contributed by atoms with van der Waals surface area (Å²) in [7, 11) is 0. The van der Waals surface area contributed by atoms with Crippen LogP contribution in [-0.4, -0.2) is 24.2 Å². The summed E-state index contributed by atoms with van der Waals surface area (Å²) in [4.78, 5) is 0. The monoisotopic (exact) mass is 236 g/mol. The highest BCUT2D eigenvalue weighted by atomic mass is 19.4. The molecule has 16 heavy (non-hydrogen) atoms. The number of hydrogen-bond acceptors (Lipinski definition) is 3. The van der Waals surface area contributed by atoms with Gasteiger partial charge >= 0.3 is 6.36 Å². The third-order valence-electron chi connectivity index (χ3n) is 1.55. The van der Waals surface area contributed by atoms with Gasteiger partial charge in [0.05, 0.1) is 6.10 Å². The topological polar surface area (TPSA) is 38.7 Å². The van der Waals surface area contributed by atoms with Crippen LogP contribution in [0.5, 0.6) is 11.5 Å². The Balaban J connectivity index is 2.54. The van der Waals surface area contributed by atoms with Crippen molar-refractivity contribution in [2.45, 2.75) is 19.4 Å². The van der Waals surface area contributed by atoms with Gasteiger partial charge in [0.2, 0.25) is 0 Å². The van der Waals surface area contributed by atoms with Gasteiger partial charge in [-0.25, -0.2) is 0 Å². The molecule has 0 fully saturated rings. The summed E-state index contributed by atoms with van der Waals surface area (Å²) >= 11 is 0. The van der Waals surface area contributed by atoms with Gasteiger partial charge in [0.25, 0.3) is 0 Å². The molecule has 6 heteroatoms. The molecule has 0 spiro atoms. The molecule has 1 atom stereocenters. The third kappa shape index (κ3) is 4.88. The Labute approximate surface area is 90.4 Å². The average Bonchev–Trinajstić information content (AvgIpc) is 2.14. The number of alkyl halides is 3. The zero-order valence-corrected chi connectivity index (χ0v) is 8.49. The lowest BCUT2D eigenvalue weighted by Crippen LogP contribution is -2.17. The molecule has 0 heterocycles. The van der Waals surface area contributed by atoms with Gasteiger partial charge in [-0.3, -0.25) is 0 Å². The fourth-order valence-electron chi connectivity index (χ4n) is 0.954. The van der Waals surface area contributed by atoms with Crippen LogP contribution < -0.4 is 9.47 Å². The Bertz CT molecular complexity index is 319. The van der Waals surface area contributed by atoms with E-state index in [9.17, 15) is 13.2 Å². The fourth-order valence-corrected chi connectivity index (χ4v) is 0.954. The van der Waals surface area contributed by atoms with Gasteiger partial charge < -0.3 is 14.6 Å². The normalized spacial score (nSPS) is 13.3. The number of aliphatic hydroxyl groups is 1. The minimum absolute atomic E-state index is 0.0828. The zero-order valence-electron chi connectivity index (χ0n) is 8.49. The molecule has 1 aromatic carbocycles. The number of benzene rings is 1. The average molecular weight is 236 g/mol. The van der Waals surface area contributed by atoms with E-state index in [0.29, 0.717) is 5.75 Å². The Morgan fingerprint density at radius 3 is 2.12 bits per heavy atom. The standard InChI is InChI=1S/C10H11F3O3/c1-7(14)6-15-8-2-4-9(5-3-8)16-10(11,12)13/h2-5,7,14H,6H2,1H3/t7-/m1/s1. The van der Waals surface area contributed by atoms with E-state index in [-0.39, 0.29) is 12.4 Å². The van der Waals surface area contributed by atoms with Gasteiger partial charge in [-0.05, 0) is 31.2 Å². The van der Waals surface area contributed by atoms with E-state index in [4.69, 9.17) is 9.84 Å². The summed E-state index contributed by atoms with van der Waals surface area (Å²) in [6, 6.07) is 4.96. The van der Waals surface area contributed by atoms with Crippen LogP contribution >= 0.6 is 0 Å². The second-order valence-corrected chi connectivity index (χ2v) is 3.18. The molecule has 0 aromatic heterocycles. The van der Waals surface area contributed by atoms with Crippen molar-refractivity contribution in [3.8, 4) is 11.5 Å². The highest BCUT2D eigenvalue weighted by Crippen LogP contribution is 2.24. The van der Waals surface area contributed by atoms with Crippen LogP contribution in [0.15, 0.2) is 24.3 Å². The quantitative estimate of drug-likeness (QED) is 0.872. The van der Waals surface area contributed by atoms with Crippen molar-refractivity contribution in [1.82, 2.24) is 0 Å². The summed E-state index contributed by atoms with van der Waals surface area (Å²) in [5.41, 5.74) is 0. The summed E-state index contributed by atoms with van der Waals surface area (Å²) in [6.45, 7) is 1.63. The second kappa shape index (κ2) is 5.07. The van der Waals surface area contributed by atoms with Crippen molar-refractivity contribution >= 4 is 0 Å². The second-order valence-electron chi connectivity index (χ2n) is 3.18. The molecule has 0 aliphatic carbocycles. The van der Waals surface area contributed by atoms with Gasteiger partial charge in [-0.15, -0.1) is 13.2 Å². The van der Waals surface area contributed by atoms with Gasteiger partial charge in [0.1, 0.15) is 18.1 Å². The zero-order chi connectivity index (χ0) is 12.2. The minimum atomic E-state index is -4.69. The van der Waals surface area contributed by atoms with E-state index < -0.39 is 12.5 Å². The van der Waals surface area contributed by atoms with E-state index in [1.54, 1.807) is 6.92 Å². The fraction of sp³-hybridized carbons (Fsp3) is 0.400. The van der Waals surface area contributed by atoms with Gasteiger partial charge in [0.15, 0.2) is 0 Å². The predicted molar refractivity (Wildman–Crippen MR) is 50.3 cm³/mol. The highest BCUT2D eigenvalue weighted by Gasteiger charge is 2.30. The first-order chi connectivity index (χ1) is 7.37. The summed E-state index contributed by atoms with van der Waals surface area (Å²) in [5, 5.41) is 8.92. The number of halogens is 3. The van der Waals surface area contributed by atoms with Gasteiger partial charge in [-0.2, -0.15) is 0 Å². The molecule has 0 radical (unpaired) electrons. The molecule has 3 nitrogen and oxygen atoms in total. The first kappa shape index (κ1) is 12.6. The van der Waals surface area contributed by atoms with E-state index in [0.717, 1.165) is 12.1 Å². The van der Waals surface area contributed by atoms with Crippen molar-refractivity contribution < 1.29 is 27.8 Å². The van der Waals surface area contributed by atoms with Crippen LogP contribution in [0.3, 0.4) is 0 Å². The lowest BCUT2D eigenvalue weighted by molar-refractivity contribution is -0.274. The SMILES string of the molecule is C[C@@H](O)COc1ccc(OC(F)(F)F)cc1. The Morgan fingerprint density at radius 1 is 1.19 bits per heavy atom. The molecule has 0 bridgehead atoms. The maximum atomic E-state index is 11.8. The molecule has 1 N–H and O–H groups in total. The smallest absolute Gasteiger partial charge is 0.491 e. The molecule has 90 valence electrons. The lowest BCUT2D eigenvalue weighted by Gasteiger charge is -2.10. The number of rotatable bonds is 4. The van der Waals surface area contributed by atoms with Crippen LogP contribution in [-0.2, 0) is 0 Å². The lowest BCUT2D eigenvalue weighted by atomic mass is 10.3. The molecule has 0 aliphatic rings. The number of ether oxygens (including phenoxy) is 2. The molecule has 0 aliphatic heterocycles. The molecule has 0 unspecified atom stereocenters. The van der Waals surface area contributed by atoms with Crippen molar-refractivity contribution in [2.75, 3.05) is 6.61 Å². The van der Waals surface area contributed by atoms with Crippen LogP contribution in [0.25, 0.3) is 0 Å². The van der Waals surface area contributed by atoms with E-state index >= 15 is 0 Å². The third-order valence-corrected chi connectivity index (χ3v) is 1.55. The summed E-state index contributed by atoms with van der Waals surface area (Å²) in [6.07, 6.45) is -5.33. The molecule has 0 amide bonds. The largest absolute Gasteiger partial charge is 0.573 e. The molecule has 0 saturated heterocycles. The predicted octanol–water partition coefficient (Wildman–Crippen LogP) is 2.34. The maximum absolute atomic E-state index is 11.8. The van der Waals surface area contributed by atoms with Crippen molar-refractivity contribution in [1.29, 1.82) is 0 Å². The number of hydrogen-bond donors (Lipinski definition) is 1. The van der Waals surface area contributed by atoms with Gasteiger partial charge in [0, 0.05) is 0 Å². The first-order valence-corrected chi connectivity index (χ1v) is 4.53. The Morgan fingerprint density at radius 2 is 1.69 bits per heavy atom. The molecular formula is C10H11F3O3. The van der Waals surface area contributed by atoms with Crippen molar-refractivity contribution in [2.24, 2.45) is 0 Å². The molecule has 1 rings (SSSR count). The van der Waals surface area contributed by atoms with Crippen LogP contribution in [0, 0.1) is 0 Å². The minimum Gasteiger partial charge on any atom is -0.491 e. The van der Waals surface area contributed by atoms with Crippen molar-refractivity contribution in [3.63, 3.8) is 0 Å². The molecule has 0 saturated carbocycles. The van der Waals surface area contributed by atoms with Crippen LogP contribution in [0.1, 0.15) is 6.92 Å². The molecular weight excluding hydrogens is 225 g/mol. The summed E-state index contributed by atoms with van der Waals surface area (Å²) in [5.74, 6) is 0.0623. The Hall–Kier alpha value is -1.43. The first-order valence-electron chi connectivity index (χ1n) is 4.53. The summed E-state index contributed by atoms with van der Waals surface area (Å²) < 4.78 is 44.2. The van der Waals surface area contributed by atoms with E-state index in [1.807, 2.05) is 0 Å². The maximum Gasteiger partial charge on any atom is 0.573 e. The van der Waals surface area contributed by atoms with E-state index in [1.165, 1.54) is 12.1 Å². The Kier molecular flexibility index (Phi) is 4.00.